The summed E-state index contributed by atoms with van der Waals surface area (Å²) in [6, 6.07) is 11.4. The minimum absolute atomic E-state index is 0.274. The number of aromatic hydroxyl groups is 1. The molecule has 3 rings (SSSR count). The van der Waals surface area contributed by atoms with Crippen LogP contribution in [0.4, 0.5) is 5.69 Å². The van der Waals surface area contributed by atoms with E-state index in [0.29, 0.717) is 0 Å². The average molecular weight is 252 g/mol. The number of hydrogen-bond acceptors (Lipinski definition) is 2. The molecular formula is C16H16N2O. The number of nitrogens with one attached hydrogen (secondary N) is 1. The van der Waals surface area contributed by atoms with Gasteiger partial charge < -0.3 is 15.8 Å². The van der Waals surface area contributed by atoms with Gasteiger partial charge in [0.05, 0.1) is 5.69 Å². The first kappa shape index (κ1) is 11.7. The summed E-state index contributed by atoms with van der Waals surface area (Å²) in [6.45, 7) is 4.02. The maximum Gasteiger partial charge on any atom is 0.124 e. The number of anilines is 1. The highest BCUT2D eigenvalue weighted by atomic mass is 16.3. The Balaban J connectivity index is 2.29. The van der Waals surface area contributed by atoms with E-state index in [1.807, 2.05) is 44.2 Å². The molecule has 96 valence electrons. The van der Waals surface area contributed by atoms with Gasteiger partial charge in [-0.05, 0) is 49.2 Å². The molecule has 1 heterocycles. The van der Waals surface area contributed by atoms with Gasteiger partial charge in [-0.25, -0.2) is 0 Å². The van der Waals surface area contributed by atoms with Gasteiger partial charge in [0.15, 0.2) is 0 Å². The molecule has 3 nitrogen and oxygen atoms in total. The standard InChI is InChI=1S/C16H16N2O/c1-9-7-13-12(10(2)16(9)17)8-14(18-13)11-5-3-4-6-15(11)19/h3-8,18-19H,17H2,1-2H3. The summed E-state index contributed by atoms with van der Waals surface area (Å²) < 4.78 is 0. The average Bonchev–Trinajstić information content (AvgIpc) is 2.80. The Labute approximate surface area is 111 Å². The van der Waals surface area contributed by atoms with Crippen LogP contribution in [0.1, 0.15) is 11.1 Å². The second kappa shape index (κ2) is 4.05. The number of phenols is 1. The number of benzene rings is 2. The van der Waals surface area contributed by atoms with E-state index in [1.165, 1.54) is 0 Å². The Kier molecular flexibility index (Phi) is 2.49. The number of para-hydroxylation sites is 1. The number of hydrogen-bond donors (Lipinski definition) is 3. The first-order valence-corrected chi connectivity index (χ1v) is 6.24. The largest absolute Gasteiger partial charge is 0.507 e. The fourth-order valence-corrected chi connectivity index (χ4v) is 2.48. The predicted octanol–water partition coefficient (Wildman–Crippen LogP) is 3.74. The van der Waals surface area contributed by atoms with Crippen LogP contribution in [0.25, 0.3) is 22.2 Å². The number of aromatic nitrogens is 1. The number of aryl methyl sites for hydroxylation is 2. The molecule has 0 spiro atoms. The van der Waals surface area contributed by atoms with Crippen LogP contribution in [-0.4, -0.2) is 10.1 Å². The molecular weight excluding hydrogens is 236 g/mol. The van der Waals surface area contributed by atoms with E-state index in [2.05, 4.69) is 4.98 Å². The van der Waals surface area contributed by atoms with Crippen LogP contribution in [0.3, 0.4) is 0 Å². The molecule has 0 bridgehead atoms. The van der Waals surface area contributed by atoms with E-state index in [-0.39, 0.29) is 5.75 Å². The molecule has 2 aromatic carbocycles. The van der Waals surface area contributed by atoms with E-state index >= 15 is 0 Å². The molecule has 0 fully saturated rings. The molecule has 0 aliphatic carbocycles. The molecule has 0 saturated carbocycles. The highest BCUT2D eigenvalue weighted by Crippen LogP contribution is 2.34. The van der Waals surface area contributed by atoms with Crippen molar-refractivity contribution in [2.75, 3.05) is 5.73 Å². The normalized spacial score (nSPS) is 11.1. The summed E-state index contributed by atoms with van der Waals surface area (Å²) >= 11 is 0. The number of nitrogen functional groups attached to an aromatic ring is 1. The molecule has 1 aromatic heterocycles. The van der Waals surface area contributed by atoms with Gasteiger partial charge in [0, 0.05) is 22.2 Å². The summed E-state index contributed by atoms with van der Waals surface area (Å²) in [7, 11) is 0. The molecule has 4 N–H and O–H groups in total. The van der Waals surface area contributed by atoms with Gasteiger partial charge in [0.1, 0.15) is 5.75 Å². The monoisotopic (exact) mass is 252 g/mol. The summed E-state index contributed by atoms with van der Waals surface area (Å²) in [6.07, 6.45) is 0. The quantitative estimate of drug-likeness (QED) is 0.578. The number of aromatic amines is 1. The summed E-state index contributed by atoms with van der Waals surface area (Å²) in [5, 5.41) is 11.0. The van der Waals surface area contributed by atoms with Crippen molar-refractivity contribution in [2.24, 2.45) is 0 Å². The van der Waals surface area contributed by atoms with Crippen LogP contribution in [0.5, 0.6) is 5.75 Å². The van der Waals surface area contributed by atoms with Gasteiger partial charge >= 0.3 is 0 Å². The number of H-pyrrole nitrogens is 1. The number of phenolic OH excluding ortho intramolecular Hbond substituents is 1. The van der Waals surface area contributed by atoms with Crippen LogP contribution in [0.2, 0.25) is 0 Å². The van der Waals surface area contributed by atoms with Crippen molar-refractivity contribution in [2.45, 2.75) is 13.8 Å². The molecule has 0 radical (unpaired) electrons. The Bertz CT molecular complexity index is 772. The first-order chi connectivity index (χ1) is 9.08. The Morgan fingerprint density at radius 2 is 1.84 bits per heavy atom. The molecule has 0 aliphatic heterocycles. The van der Waals surface area contributed by atoms with Gasteiger partial charge in [-0.1, -0.05) is 12.1 Å². The van der Waals surface area contributed by atoms with E-state index < -0.39 is 0 Å². The Morgan fingerprint density at radius 3 is 2.58 bits per heavy atom. The highest BCUT2D eigenvalue weighted by molar-refractivity contribution is 5.93. The van der Waals surface area contributed by atoms with Crippen LogP contribution >= 0.6 is 0 Å². The molecule has 3 heteroatoms. The van der Waals surface area contributed by atoms with Gasteiger partial charge in [-0.15, -0.1) is 0 Å². The third kappa shape index (κ3) is 1.74. The highest BCUT2D eigenvalue weighted by Gasteiger charge is 2.11. The number of fused-ring (bicyclic) bond motifs is 1. The predicted molar refractivity (Wildman–Crippen MR) is 79.3 cm³/mol. The second-order valence-electron chi connectivity index (χ2n) is 4.89. The zero-order valence-corrected chi connectivity index (χ0v) is 11.0. The van der Waals surface area contributed by atoms with Crippen molar-refractivity contribution >= 4 is 16.6 Å². The molecule has 3 aromatic rings. The minimum Gasteiger partial charge on any atom is -0.507 e. The lowest BCUT2D eigenvalue weighted by atomic mass is 10.0. The summed E-state index contributed by atoms with van der Waals surface area (Å²) in [5.41, 5.74) is 11.8. The van der Waals surface area contributed by atoms with Crippen molar-refractivity contribution in [3.63, 3.8) is 0 Å². The smallest absolute Gasteiger partial charge is 0.124 e. The van der Waals surface area contributed by atoms with E-state index in [9.17, 15) is 5.11 Å². The lowest BCUT2D eigenvalue weighted by Gasteiger charge is -2.05. The number of nitrogens with two attached hydrogens (primary N) is 1. The van der Waals surface area contributed by atoms with Gasteiger partial charge in [0.25, 0.3) is 0 Å². The lowest BCUT2D eigenvalue weighted by molar-refractivity contribution is 0.477. The van der Waals surface area contributed by atoms with Crippen molar-refractivity contribution < 1.29 is 5.11 Å². The third-order valence-corrected chi connectivity index (χ3v) is 3.64. The SMILES string of the molecule is Cc1cc2[nH]c(-c3ccccc3O)cc2c(C)c1N. The Hall–Kier alpha value is -2.42. The van der Waals surface area contributed by atoms with Crippen LogP contribution < -0.4 is 5.73 Å². The summed E-state index contributed by atoms with van der Waals surface area (Å²) in [4.78, 5) is 3.35. The molecule has 0 atom stereocenters. The minimum atomic E-state index is 0.274. The van der Waals surface area contributed by atoms with E-state index in [4.69, 9.17) is 5.73 Å². The van der Waals surface area contributed by atoms with Gasteiger partial charge in [-0.2, -0.15) is 0 Å². The maximum atomic E-state index is 9.92. The van der Waals surface area contributed by atoms with E-state index in [0.717, 1.165) is 39.0 Å². The zero-order chi connectivity index (χ0) is 13.6. The second-order valence-corrected chi connectivity index (χ2v) is 4.89. The van der Waals surface area contributed by atoms with E-state index in [1.54, 1.807) is 6.07 Å². The fraction of sp³-hybridized carbons (Fsp3) is 0.125. The molecule has 0 aliphatic rings. The maximum absolute atomic E-state index is 9.92. The lowest BCUT2D eigenvalue weighted by Crippen LogP contribution is -1.93. The van der Waals surface area contributed by atoms with Crippen LogP contribution in [0, 0.1) is 13.8 Å². The Morgan fingerprint density at radius 1 is 1.11 bits per heavy atom. The zero-order valence-electron chi connectivity index (χ0n) is 11.0. The van der Waals surface area contributed by atoms with Crippen LogP contribution in [-0.2, 0) is 0 Å². The topological polar surface area (TPSA) is 62.0 Å². The van der Waals surface area contributed by atoms with Crippen molar-refractivity contribution in [3.05, 3.63) is 47.5 Å². The summed E-state index contributed by atoms with van der Waals surface area (Å²) in [5.74, 6) is 0.274. The third-order valence-electron chi connectivity index (χ3n) is 3.64. The number of rotatable bonds is 1. The molecule has 19 heavy (non-hydrogen) atoms. The molecule has 0 saturated heterocycles. The van der Waals surface area contributed by atoms with Gasteiger partial charge in [0.2, 0.25) is 0 Å². The van der Waals surface area contributed by atoms with Crippen molar-refractivity contribution in [3.8, 4) is 17.0 Å². The fourth-order valence-electron chi connectivity index (χ4n) is 2.48. The first-order valence-electron chi connectivity index (χ1n) is 6.24. The molecule has 0 amide bonds. The van der Waals surface area contributed by atoms with Crippen molar-refractivity contribution in [1.29, 1.82) is 0 Å². The van der Waals surface area contributed by atoms with Gasteiger partial charge in [-0.3, -0.25) is 0 Å². The van der Waals surface area contributed by atoms with Crippen LogP contribution in [0.15, 0.2) is 36.4 Å². The van der Waals surface area contributed by atoms with Crippen molar-refractivity contribution in [1.82, 2.24) is 4.98 Å². The molecule has 0 unspecified atom stereocenters.